The molecule has 5 nitrogen and oxygen atoms in total. The molecule has 98 valence electrons. The van der Waals surface area contributed by atoms with Gasteiger partial charge in [0.1, 0.15) is 5.75 Å². The summed E-state index contributed by atoms with van der Waals surface area (Å²) in [4.78, 5) is 8.54. The Morgan fingerprint density at radius 2 is 2.37 bits per heavy atom. The second kappa shape index (κ2) is 5.27. The number of imidazole rings is 1. The SMILES string of the molecule is COc1ccc2nc(NCCn3ccnc3)sc2c1. The van der Waals surface area contributed by atoms with Crippen LogP contribution in [0.4, 0.5) is 5.13 Å². The molecule has 0 saturated heterocycles. The largest absolute Gasteiger partial charge is 0.497 e. The molecule has 0 bridgehead atoms. The van der Waals surface area contributed by atoms with Gasteiger partial charge in [-0.15, -0.1) is 0 Å². The fraction of sp³-hybridized carbons (Fsp3) is 0.231. The van der Waals surface area contributed by atoms with E-state index in [1.807, 2.05) is 35.3 Å². The minimum atomic E-state index is 0.827. The van der Waals surface area contributed by atoms with Crippen LogP contribution < -0.4 is 10.1 Å². The first-order valence-corrected chi connectivity index (χ1v) is 6.81. The van der Waals surface area contributed by atoms with Gasteiger partial charge in [-0.1, -0.05) is 11.3 Å². The molecule has 0 aliphatic heterocycles. The van der Waals surface area contributed by atoms with E-state index in [2.05, 4.69) is 15.3 Å². The number of thiazole rings is 1. The highest BCUT2D eigenvalue weighted by molar-refractivity contribution is 7.22. The van der Waals surface area contributed by atoms with Crippen LogP contribution in [0.5, 0.6) is 5.75 Å². The molecule has 0 amide bonds. The van der Waals surface area contributed by atoms with Gasteiger partial charge in [-0.25, -0.2) is 9.97 Å². The molecule has 2 heterocycles. The monoisotopic (exact) mass is 274 g/mol. The summed E-state index contributed by atoms with van der Waals surface area (Å²) in [5.41, 5.74) is 0.996. The van der Waals surface area contributed by atoms with Gasteiger partial charge >= 0.3 is 0 Å². The zero-order chi connectivity index (χ0) is 13.1. The quantitative estimate of drug-likeness (QED) is 0.777. The predicted molar refractivity (Wildman–Crippen MR) is 76.9 cm³/mol. The summed E-state index contributed by atoms with van der Waals surface area (Å²) < 4.78 is 8.37. The molecule has 1 aromatic carbocycles. The summed E-state index contributed by atoms with van der Waals surface area (Å²) in [7, 11) is 1.67. The molecule has 1 N–H and O–H groups in total. The zero-order valence-corrected chi connectivity index (χ0v) is 11.4. The lowest BCUT2D eigenvalue weighted by Crippen LogP contribution is -2.08. The van der Waals surface area contributed by atoms with Crippen molar-refractivity contribution in [3.8, 4) is 5.75 Å². The fourth-order valence-corrected chi connectivity index (χ4v) is 2.74. The van der Waals surface area contributed by atoms with Crippen molar-refractivity contribution < 1.29 is 4.74 Å². The van der Waals surface area contributed by atoms with Crippen LogP contribution in [0.3, 0.4) is 0 Å². The number of ether oxygens (including phenoxy) is 1. The van der Waals surface area contributed by atoms with E-state index in [4.69, 9.17) is 4.74 Å². The first kappa shape index (κ1) is 12.0. The smallest absolute Gasteiger partial charge is 0.183 e. The molecule has 3 rings (SSSR count). The number of aromatic nitrogens is 3. The molecule has 0 radical (unpaired) electrons. The number of hydrogen-bond donors (Lipinski definition) is 1. The number of nitrogens with zero attached hydrogens (tertiary/aromatic N) is 3. The van der Waals surface area contributed by atoms with Crippen LogP contribution in [-0.2, 0) is 6.54 Å². The highest BCUT2D eigenvalue weighted by Crippen LogP contribution is 2.28. The van der Waals surface area contributed by atoms with Gasteiger partial charge in [-0.3, -0.25) is 0 Å². The molecule has 19 heavy (non-hydrogen) atoms. The number of fused-ring (bicyclic) bond motifs is 1. The number of methoxy groups -OCH3 is 1. The van der Waals surface area contributed by atoms with E-state index >= 15 is 0 Å². The van der Waals surface area contributed by atoms with Gasteiger partial charge in [0, 0.05) is 25.5 Å². The number of nitrogens with one attached hydrogen (secondary N) is 1. The zero-order valence-electron chi connectivity index (χ0n) is 10.5. The minimum Gasteiger partial charge on any atom is -0.497 e. The molecule has 0 saturated carbocycles. The molecular formula is C13H14N4OS. The van der Waals surface area contributed by atoms with Crippen molar-refractivity contribution in [3.63, 3.8) is 0 Å². The molecule has 0 aliphatic carbocycles. The predicted octanol–water partition coefficient (Wildman–Crippen LogP) is 2.61. The topological polar surface area (TPSA) is 52.0 Å². The van der Waals surface area contributed by atoms with Gasteiger partial charge in [0.15, 0.2) is 5.13 Å². The van der Waals surface area contributed by atoms with Crippen molar-refractivity contribution in [1.29, 1.82) is 0 Å². The third-order valence-corrected chi connectivity index (χ3v) is 3.78. The lowest BCUT2D eigenvalue weighted by Gasteiger charge is -2.02. The van der Waals surface area contributed by atoms with E-state index in [0.717, 1.165) is 34.2 Å². The number of hydrogen-bond acceptors (Lipinski definition) is 5. The minimum absolute atomic E-state index is 0.827. The van der Waals surface area contributed by atoms with Crippen molar-refractivity contribution in [3.05, 3.63) is 36.9 Å². The summed E-state index contributed by atoms with van der Waals surface area (Å²) in [5.74, 6) is 0.862. The highest BCUT2D eigenvalue weighted by atomic mass is 32.1. The van der Waals surface area contributed by atoms with Gasteiger partial charge in [-0.2, -0.15) is 0 Å². The maximum Gasteiger partial charge on any atom is 0.183 e. The lowest BCUT2D eigenvalue weighted by atomic mass is 10.3. The van der Waals surface area contributed by atoms with E-state index in [0.29, 0.717) is 0 Å². The lowest BCUT2D eigenvalue weighted by molar-refractivity contribution is 0.415. The normalized spacial score (nSPS) is 10.8. The molecule has 0 atom stereocenters. The third kappa shape index (κ3) is 2.68. The van der Waals surface area contributed by atoms with Gasteiger partial charge in [0.25, 0.3) is 0 Å². The Morgan fingerprint density at radius 3 is 3.16 bits per heavy atom. The molecule has 6 heteroatoms. The van der Waals surface area contributed by atoms with Crippen LogP contribution in [-0.4, -0.2) is 28.2 Å². The van der Waals surface area contributed by atoms with E-state index in [1.165, 1.54) is 0 Å². The summed E-state index contributed by atoms with van der Waals surface area (Å²) in [6.45, 7) is 1.70. The number of anilines is 1. The first-order chi connectivity index (χ1) is 9.35. The van der Waals surface area contributed by atoms with Crippen LogP contribution in [0.15, 0.2) is 36.9 Å². The van der Waals surface area contributed by atoms with Crippen molar-refractivity contribution in [2.75, 3.05) is 19.0 Å². The van der Waals surface area contributed by atoms with Crippen LogP contribution >= 0.6 is 11.3 Å². The van der Waals surface area contributed by atoms with Crippen LogP contribution in [0.2, 0.25) is 0 Å². The standard InChI is InChI=1S/C13H14N4OS/c1-18-10-2-3-11-12(8-10)19-13(16-11)15-5-7-17-6-4-14-9-17/h2-4,6,8-9H,5,7H2,1H3,(H,15,16). The van der Waals surface area contributed by atoms with Gasteiger partial charge in [-0.05, 0) is 18.2 Å². The van der Waals surface area contributed by atoms with Gasteiger partial charge in [0.2, 0.25) is 0 Å². The maximum atomic E-state index is 5.21. The van der Waals surface area contributed by atoms with Gasteiger partial charge in [0.05, 0.1) is 23.7 Å². The van der Waals surface area contributed by atoms with Crippen molar-refractivity contribution in [2.24, 2.45) is 0 Å². The molecular weight excluding hydrogens is 260 g/mol. The van der Waals surface area contributed by atoms with Crippen molar-refractivity contribution in [2.45, 2.75) is 6.54 Å². The summed E-state index contributed by atoms with van der Waals surface area (Å²) in [6.07, 6.45) is 5.54. The highest BCUT2D eigenvalue weighted by Gasteiger charge is 2.04. The van der Waals surface area contributed by atoms with E-state index in [-0.39, 0.29) is 0 Å². The Balaban J connectivity index is 1.67. The molecule has 0 unspecified atom stereocenters. The fourth-order valence-electron chi connectivity index (χ4n) is 1.82. The average molecular weight is 274 g/mol. The molecule has 2 aromatic heterocycles. The van der Waals surface area contributed by atoms with Crippen LogP contribution in [0, 0.1) is 0 Å². The summed E-state index contributed by atoms with van der Waals surface area (Å²) in [6, 6.07) is 5.91. The van der Waals surface area contributed by atoms with Crippen molar-refractivity contribution >= 4 is 26.7 Å². The van der Waals surface area contributed by atoms with Crippen molar-refractivity contribution in [1.82, 2.24) is 14.5 Å². The van der Waals surface area contributed by atoms with E-state index in [1.54, 1.807) is 24.6 Å². The average Bonchev–Trinajstić information content (AvgIpc) is 3.06. The number of benzene rings is 1. The second-order valence-electron chi connectivity index (χ2n) is 4.08. The summed E-state index contributed by atoms with van der Waals surface area (Å²) in [5, 5.41) is 4.26. The Bertz CT molecular complexity index is 662. The van der Waals surface area contributed by atoms with Crippen LogP contribution in [0.25, 0.3) is 10.2 Å². The van der Waals surface area contributed by atoms with Gasteiger partial charge < -0.3 is 14.6 Å². The molecule has 0 aliphatic rings. The Morgan fingerprint density at radius 1 is 1.42 bits per heavy atom. The van der Waals surface area contributed by atoms with E-state index in [9.17, 15) is 0 Å². The molecule has 3 aromatic rings. The first-order valence-electron chi connectivity index (χ1n) is 5.99. The van der Waals surface area contributed by atoms with Crippen LogP contribution in [0.1, 0.15) is 0 Å². The third-order valence-electron chi connectivity index (χ3n) is 2.80. The second-order valence-corrected chi connectivity index (χ2v) is 5.11. The number of rotatable bonds is 5. The Labute approximate surface area is 114 Å². The Kier molecular flexibility index (Phi) is 3.33. The Hall–Kier alpha value is -2.08. The summed E-state index contributed by atoms with van der Waals surface area (Å²) >= 11 is 1.64. The van der Waals surface area contributed by atoms with E-state index < -0.39 is 0 Å². The maximum absolute atomic E-state index is 5.21. The molecule has 0 fully saturated rings. The molecule has 0 spiro atoms.